The number of aromatic carboxylic acids is 1. The van der Waals surface area contributed by atoms with Gasteiger partial charge in [-0.1, -0.05) is 12.1 Å². The number of nitrogens with zero attached hydrogens (tertiary/aromatic N) is 1. The summed E-state index contributed by atoms with van der Waals surface area (Å²) in [5, 5.41) is 8.65. The van der Waals surface area contributed by atoms with E-state index in [0.717, 1.165) is 6.07 Å². The molecule has 0 aliphatic carbocycles. The minimum Gasteiger partial charge on any atom is -0.478 e. The molecule has 3 rings (SSSR count). The monoisotopic (exact) mass is 482 g/mol. The van der Waals surface area contributed by atoms with Crippen LogP contribution < -0.4 is 5.73 Å². The van der Waals surface area contributed by atoms with E-state index in [9.17, 15) is 26.4 Å². The number of para-hydroxylation sites is 1. The molecular formula is C23H25F3N2O4S. The predicted octanol–water partition coefficient (Wildman–Crippen LogP) is 5.26. The van der Waals surface area contributed by atoms with Crippen molar-refractivity contribution in [1.82, 2.24) is 4.57 Å². The number of hydrogen-bond donors (Lipinski definition) is 2. The third-order valence-electron chi connectivity index (χ3n) is 4.94. The van der Waals surface area contributed by atoms with Gasteiger partial charge in [0.25, 0.3) is 0 Å². The molecule has 0 saturated carbocycles. The Kier molecular flexibility index (Phi) is 7.64. The fourth-order valence-electron chi connectivity index (χ4n) is 3.19. The van der Waals surface area contributed by atoms with Crippen molar-refractivity contribution in [1.29, 1.82) is 0 Å². The molecule has 1 aromatic heterocycles. The number of aromatic nitrogens is 1. The van der Waals surface area contributed by atoms with Gasteiger partial charge >= 0.3 is 12.1 Å². The summed E-state index contributed by atoms with van der Waals surface area (Å²) in [7, 11) is -3.15. The first kappa shape index (κ1) is 26.0. The van der Waals surface area contributed by atoms with Crippen molar-refractivity contribution in [2.24, 2.45) is 0 Å². The van der Waals surface area contributed by atoms with Crippen LogP contribution in [0.2, 0.25) is 0 Å². The van der Waals surface area contributed by atoms with E-state index in [1.54, 1.807) is 32.9 Å². The second-order valence-corrected chi connectivity index (χ2v) is 10.1. The van der Waals surface area contributed by atoms with E-state index in [1.165, 1.54) is 47.9 Å². The SMILES string of the molecule is CC(C)S(=O)(=O)c1ccc(N)cc1.Cc1cc(C(=O)O)c(C)n1-c1ccccc1C(F)(F)F. The smallest absolute Gasteiger partial charge is 0.418 e. The number of benzene rings is 2. The van der Waals surface area contributed by atoms with Gasteiger partial charge in [-0.15, -0.1) is 0 Å². The van der Waals surface area contributed by atoms with Crippen LogP contribution in [-0.2, 0) is 16.0 Å². The van der Waals surface area contributed by atoms with Crippen molar-refractivity contribution in [3.63, 3.8) is 0 Å². The van der Waals surface area contributed by atoms with Crippen molar-refractivity contribution in [3.8, 4) is 5.69 Å². The summed E-state index contributed by atoms with van der Waals surface area (Å²) in [5.74, 6) is -1.16. The standard InChI is InChI=1S/C14H12F3NO2.C9H13NO2S/c1-8-7-10(13(19)20)9(2)18(8)12-6-4-3-5-11(12)14(15,16)17;1-7(2)13(11,12)9-5-3-8(10)4-6-9/h3-7H,1-2H3,(H,19,20);3-7H,10H2,1-2H3. The predicted molar refractivity (Wildman–Crippen MR) is 120 cm³/mol. The summed E-state index contributed by atoms with van der Waals surface area (Å²) in [4.78, 5) is 11.4. The van der Waals surface area contributed by atoms with Crippen molar-refractivity contribution in [2.75, 3.05) is 5.73 Å². The van der Waals surface area contributed by atoms with Gasteiger partial charge in [0.2, 0.25) is 0 Å². The molecule has 0 aliphatic heterocycles. The molecule has 0 radical (unpaired) electrons. The topological polar surface area (TPSA) is 102 Å². The minimum atomic E-state index is -4.50. The molecule has 0 spiro atoms. The van der Waals surface area contributed by atoms with Crippen molar-refractivity contribution in [2.45, 2.75) is 44.0 Å². The fraction of sp³-hybridized carbons (Fsp3) is 0.261. The van der Waals surface area contributed by atoms with Gasteiger partial charge in [-0.2, -0.15) is 13.2 Å². The highest BCUT2D eigenvalue weighted by Gasteiger charge is 2.34. The highest BCUT2D eigenvalue weighted by molar-refractivity contribution is 7.92. The quantitative estimate of drug-likeness (QED) is 0.494. The number of carboxylic acids is 1. The normalized spacial score (nSPS) is 11.8. The molecule has 2 aromatic carbocycles. The van der Waals surface area contributed by atoms with Crippen LogP contribution in [0, 0.1) is 13.8 Å². The van der Waals surface area contributed by atoms with Crippen molar-refractivity contribution in [3.05, 3.63) is 77.1 Å². The lowest BCUT2D eigenvalue weighted by Crippen LogP contribution is -2.13. The Morgan fingerprint density at radius 2 is 1.58 bits per heavy atom. The third kappa shape index (κ3) is 5.75. The molecule has 10 heteroatoms. The molecule has 33 heavy (non-hydrogen) atoms. The summed E-state index contributed by atoms with van der Waals surface area (Å²) < 4.78 is 63.6. The number of aryl methyl sites for hydroxylation is 1. The molecule has 0 bridgehead atoms. The average molecular weight is 483 g/mol. The molecule has 0 aliphatic rings. The largest absolute Gasteiger partial charge is 0.478 e. The zero-order valence-electron chi connectivity index (χ0n) is 18.5. The maximum atomic E-state index is 13.0. The second kappa shape index (κ2) is 9.70. The number of nitrogen functional groups attached to an aromatic ring is 1. The Morgan fingerprint density at radius 1 is 1.03 bits per heavy atom. The van der Waals surface area contributed by atoms with Crippen LogP contribution in [0.4, 0.5) is 18.9 Å². The van der Waals surface area contributed by atoms with Gasteiger partial charge < -0.3 is 15.4 Å². The molecule has 3 N–H and O–H groups in total. The van der Waals surface area contributed by atoms with E-state index in [-0.39, 0.29) is 16.9 Å². The lowest BCUT2D eigenvalue weighted by molar-refractivity contribution is -0.137. The van der Waals surface area contributed by atoms with Crippen molar-refractivity contribution < 1.29 is 31.5 Å². The van der Waals surface area contributed by atoms with E-state index in [2.05, 4.69) is 0 Å². The summed E-state index contributed by atoms with van der Waals surface area (Å²) in [6, 6.07) is 12.7. The molecule has 0 unspecified atom stereocenters. The van der Waals surface area contributed by atoms with Crippen LogP contribution in [0.1, 0.15) is 41.2 Å². The van der Waals surface area contributed by atoms with Crippen LogP contribution >= 0.6 is 0 Å². The minimum absolute atomic E-state index is 0.000484. The number of carboxylic acid groups (broad SMARTS) is 1. The van der Waals surface area contributed by atoms with Gasteiger partial charge in [0.1, 0.15) is 0 Å². The van der Waals surface area contributed by atoms with Crippen LogP contribution in [0.15, 0.2) is 59.5 Å². The number of anilines is 1. The van der Waals surface area contributed by atoms with E-state index in [4.69, 9.17) is 10.8 Å². The van der Waals surface area contributed by atoms with Gasteiger partial charge in [0.15, 0.2) is 9.84 Å². The number of sulfone groups is 1. The first-order chi connectivity index (χ1) is 15.2. The molecule has 0 amide bonds. The van der Waals surface area contributed by atoms with E-state index >= 15 is 0 Å². The molecule has 0 saturated heterocycles. The second-order valence-electron chi connectivity index (χ2n) is 7.60. The Labute approximate surface area is 190 Å². The van der Waals surface area contributed by atoms with Gasteiger partial charge in [-0.3, -0.25) is 0 Å². The summed E-state index contributed by atoms with van der Waals surface area (Å²) in [5.41, 5.74) is 5.87. The Bertz CT molecular complexity index is 1250. The molecule has 0 atom stereocenters. The van der Waals surface area contributed by atoms with Crippen molar-refractivity contribution >= 4 is 21.5 Å². The number of carbonyl (C=O) groups is 1. The first-order valence-electron chi connectivity index (χ1n) is 9.86. The molecule has 0 fully saturated rings. The Morgan fingerprint density at radius 3 is 2.03 bits per heavy atom. The molecular weight excluding hydrogens is 457 g/mol. The Hall–Kier alpha value is -3.27. The zero-order chi connectivity index (χ0) is 25.1. The maximum Gasteiger partial charge on any atom is 0.418 e. The van der Waals surface area contributed by atoms with Crippen LogP contribution in [0.3, 0.4) is 0 Å². The fourth-order valence-corrected chi connectivity index (χ4v) is 4.25. The highest BCUT2D eigenvalue weighted by atomic mass is 32.2. The van der Waals surface area contributed by atoms with Gasteiger partial charge in [-0.05, 0) is 70.2 Å². The molecule has 1 heterocycles. The van der Waals surface area contributed by atoms with E-state index < -0.39 is 32.8 Å². The average Bonchev–Trinajstić information content (AvgIpc) is 3.02. The molecule has 6 nitrogen and oxygen atoms in total. The van der Waals surface area contributed by atoms with E-state index in [0.29, 0.717) is 16.3 Å². The zero-order valence-corrected chi connectivity index (χ0v) is 19.3. The summed E-state index contributed by atoms with van der Waals surface area (Å²) in [6.07, 6.45) is -4.50. The van der Waals surface area contributed by atoms with Gasteiger partial charge in [-0.25, -0.2) is 13.2 Å². The van der Waals surface area contributed by atoms with Crippen LogP contribution in [0.5, 0.6) is 0 Å². The number of hydrogen-bond acceptors (Lipinski definition) is 4. The summed E-state index contributed by atoms with van der Waals surface area (Å²) in [6.45, 7) is 6.38. The highest BCUT2D eigenvalue weighted by Crippen LogP contribution is 2.35. The summed E-state index contributed by atoms with van der Waals surface area (Å²) >= 11 is 0. The third-order valence-corrected chi connectivity index (χ3v) is 7.11. The van der Waals surface area contributed by atoms with E-state index in [1.807, 2.05) is 0 Å². The first-order valence-corrected chi connectivity index (χ1v) is 11.4. The number of alkyl halides is 3. The van der Waals surface area contributed by atoms with Gasteiger partial charge in [0.05, 0.1) is 27.0 Å². The van der Waals surface area contributed by atoms with Crippen LogP contribution in [0.25, 0.3) is 5.69 Å². The van der Waals surface area contributed by atoms with Crippen LogP contribution in [-0.4, -0.2) is 29.3 Å². The lowest BCUT2D eigenvalue weighted by Gasteiger charge is -2.16. The number of nitrogens with two attached hydrogens (primary N) is 1. The molecule has 3 aromatic rings. The number of rotatable bonds is 4. The lowest BCUT2D eigenvalue weighted by atomic mass is 10.1. The van der Waals surface area contributed by atoms with Gasteiger partial charge in [0, 0.05) is 17.1 Å². The Balaban J connectivity index is 0.000000257. The number of halogens is 3. The maximum absolute atomic E-state index is 13.0. The molecule has 178 valence electrons.